The van der Waals surface area contributed by atoms with Crippen molar-refractivity contribution in [1.29, 1.82) is 0 Å². The molecule has 148 valence electrons. The third-order valence-electron chi connectivity index (χ3n) is 5.18. The van der Waals surface area contributed by atoms with Gasteiger partial charge in [-0.15, -0.1) is 0 Å². The lowest BCUT2D eigenvalue weighted by atomic mass is 9.34. The van der Waals surface area contributed by atoms with Crippen molar-refractivity contribution in [3.8, 4) is 0 Å². The number of carbonyl (C=O) groups is 1. The SMILES string of the molecule is CSc1ncc(Cl)c(C23CC(/C(=N\C(C)C)NNC(=O)C(C)(C)O)(C2)C3)n1. The molecule has 1 amide bonds. The molecule has 4 rings (SSSR count). The zero-order valence-electron chi connectivity index (χ0n) is 16.3. The van der Waals surface area contributed by atoms with E-state index in [1.807, 2.05) is 20.1 Å². The van der Waals surface area contributed by atoms with Gasteiger partial charge in [0.05, 0.1) is 16.9 Å². The van der Waals surface area contributed by atoms with E-state index in [9.17, 15) is 9.90 Å². The van der Waals surface area contributed by atoms with Gasteiger partial charge in [-0.05, 0) is 53.2 Å². The Morgan fingerprint density at radius 2 is 2.00 bits per heavy atom. The molecule has 1 aromatic rings. The van der Waals surface area contributed by atoms with Crippen LogP contribution in [0.3, 0.4) is 0 Å². The number of amidine groups is 1. The van der Waals surface area contributed by atoms with E-state index in [-0.39, 0.29) is 16.9 Å². The van der Waals surface area contributed by atoms with Gasteiger partial charge in [-0.25, -0.2) is 9.97 Å². The van der Waals surface area contributed by atoms with Crippen molar-refractivity contribution in [2.24, 2.45) is 10.4 Å². The third-order valence-corrected chi connectivity index (χ3v) is 6.02. The monoisotopic (exact) mass is 411 g/mol. The van der Waals surface area contributed by atoms with Crippen molar-refractivity contribution in [1.82, 2.24) is 20.8 Å². The summed E-state index contributed by atoms with van der Waals surface area (Å²) in [5, 5.41) is 11.1. The number of aliphatic imine (C=N–C) groups is 1. The lowest BCUT2D eigenvalue weighted by molar-refractivity contribution is -0.137. The van der Waals surface area contributed by atoms with Crippen LogP contribution in [0.5, 0.6) is 0 Å². The molecule has 0 saturated heterocycles. The van der Waals surface area contributed by atoms with Crippen LogP contribution in [0.1, 0.15) is 52.7 Å². The molecule has 1 heterocycles. The second-order valence-corrected chi connectivity index (χ2v) is 9.53. The number of rotatable bonds is 5. The van der Waals surface area contributed by atoms with E-state index >= 15 is 0 Å². The van der Waals surface area contributed by atoms with Crippen LogP contribution in [-0.2, 0) is 10.2 Å². The minimum atomic E-state index is -1.46. The van der Waals surface area contributed by atoms with Crippen molar-refractivity contribution in [3.05, 3.63) is 16.9 Å². The Morgan fingerprint density at radius 1 is 1.37 bits per heavy atom. The van der Waals surface area contributed by atoms with E-state index < -0.39 is 11.5 Å². The Morgan fingerprint density at radius 3 is 2.52 bits per heavy atom. The van der Waals surface area contributed by atoms with Gasteiger partial charge < -0.3 is 5.11 Å². The first-order valence-electron chi connectivity index (χ1n) is 8.95. The minimum Gasteiger partial charge on any atom is -0.381 e. The maximum atomic E-state index is 12.0. The van der Waals surface area contributed by atoms with Gasteiger partial charge in [0.15, 0.2) is 5.16 Å². The smallest absolute Gasteiger partial charge is 0.269 e. The molecule has 0 radical (unpaired) electrons. The first-order chi connectivity index (χ1) is 12.5. The first kappa shape index (κ1) is 20.4. The van der Waals surface area contributed by atoms with Crippen molar-refractivity contribution in [2.45, 2.75) is 69.2 Å². The van der Waals surface area contributed by atoms with E-state index in [1.54, 1.807) is 6.20 Å². The molecule has 9 heteroatoms. The summed E-state index contributed by atoms with van der Waals surface area (Å²) in [6.07, 6.45) is 6.25. The minimum absolute atomic E-state index is 0.0375. The molecule has 3 aliphatic rings. The maximum absolute atomic E-state index is 12.0. The van der Waals surface area contributed by atoms with E-state index in [2.05, 4.69) is 25.8 Å². The third kappa shape index (κ3) is 3.67. The zero-order chi connectivity index (χ0) is 20.0. The molecule has 27 heavy (non-hydrogen) atoms. The van der Waals surface area contributed by atoms with Gasteiger partial charge in [-0.2, -0.15) is 0 Å². The summed E-state index contributed by atoms with van der Waals surface area (Å²) in [6, 6.07) is 0.0854. The van der Waals surface area contributed by atoms with Crippen LogP contribution < -0.4 is 10.9 Å². The molecule has 3 saturated carbocycles. The first-order valence-corrected chi connectivity index (χ1v) is 10.6. The Bertz CT molecular complexity index is 771. The molecule has 0 atom stereocenters. The summed E-state index contributed by atoms with van der Waals surface area (Å²) < 4.78 is 0. The van der Waals surface area contributed by atoms with Crippen LogP contribution in [0.4, 0.5) is 0 Å². The zero-order valence-corrected chi connectivity index (χ0v) is 17.8. The Hall–Kier alpha value is -1.38. The normalized spacial score (nSPS) is 27.0. The second-order valence-electron chi connectivity index (χ2n) is 8.35. The average Bonchev–Trinajstić information content (AvgIpc) is 2.49. The summed E-state index contributed by atoms with van der Waals surface area (Å²) in [5.41, 5.74) is 4.86. The van der Waals surface area contributed by atoms with Crippen LogP contribution in [0.15, 0.2) is 16.3 Å². The Labute approximate surface area is 168 Å². The topological polar surface area (TPSA) is 99.5 Å². The summed E-state index contributed by atoms with van der Waals surface area (Å²) in [5.74, 6) is 0.260. The molecule has 7 nitrogen and oxygen atoms in total. The molecular weight excluding hydrogens is 386 g/mol. The highest BCUT2D eigenvalue weighted by Gasteiger charge is 2.72. The molecule has 3 fully saturated rings. The van der Waals surface area contributed by atoms with Crippen LogP contribution in [0, 0.1) is 5.41 Å². The molecule has 3 aliphatic carbocycles. The fourth-order valence-corrected chi connectivity index (χ4v) is 4.57. The predicted octanol–water partition coefficient (Wildman–Crippen LogP) is 2.47. The average molecular weight is 412 g/mol. The fraction of sp³-hybridized carbons (Fsp3) is 0.667. The quantitative estimate of drug-likeness (QED) is 0.226. The standard InChI is InChI=1S/C18H26ClN5O2S/c1-10(2)21-13(23-24-14(25)16(3,4)26)18-7-17(8-18,9-18)12-11(19)6-20-15(22-12)27-5/h6,10,26H,7-9H2,1-5H3,(H,21,23)(H,24,25). The number of aliphatic hydroxyl groups is 1. The highest BCUT2D eigenvalue weighted by molar-refractivity contribution is 7.98. The van der Waals surface area contributed by atoms with E-state index in [0.717, 1.165) is 35.9 Å². The lowest BCUT2D eigenvalue weighted by Gasteiger charge is -2.70. The van der Waals surface area contributed by atoms with E-state index in [0.29, 0.717) is 5.02 Å². The van der Waals surface area contributed by atoms with Crippen LogP contribution in [0.2, 0.25) is 5.02 Å². The lowest BCUT2D eigenvalue weighted by Crippen LogP contribution is -2.72. The van der Waals surface area contributed by atoms with Gasteiger partial charge in [0.2, 0.25) is 0 Å². The summed E-state index contributed by atoms with van der Waals surface area (Å²) in [7, 11) is 0. The summed E-state index contributed by atoms with van der Waals surface area (Å²) >= 11 is 7.87. The molecule has 0 aliphatic heterocycles. The molecule has 1 aromatic heterocycles. The number of hydrogen-bond acceptors (Lipinski definition) is 6. The van der Waals surface area contributed by atoms with Crippen LogP contribution in [0.25, 0.3) is 0 Å². The van der Waals surface area contributed by atoms with E-state index in [4.69, 9.17) is 11.6 Å². The molecule has 0 aromatic carbocycles. The van der Waals surface area contributed by atoms with Gasteiger partial charge >= 0.3 is 0 Å². The van der Waals surface area contributed by atoms with Crippen LogP contribution >= 0.6 is 23.4 Å². The van der Waals surface area contributed by atoms with Gasteiger partial charge in [-0.1, -0.05) is 23.4 Å². The molecule has 2 bridgehead atoms. The van der Waals surface area contributed by atoms with Gasteiger partial charge in [0, 0.05) is 16.9 Å². The number of halogens is 1. The number of amides is 1. The highest BCUT2D eigenvalue weighted by atomic mass is 35.5. The van der Waals surface area contributed by atoms with E-state index in [1.165, 1.54) is 25.6 Å². The molecule has 0 spiro atoms. The van der Waals surface area contributed by atoms with Gasteiger partial charge in [0.1, 0.15) is 11.4 Å². The largest absolute Gasteiger partial charge is 0.381 e. The fourth-order valence-electron chi connectivity index (χ4n) is 3.94. The number of hydrogen-bond donors (Lipinski definition) is 3. The number of nitrogens with zero attached hydrogens (tertiary/aromatic N) is 3. The number of hydrazine groups is 1. The van der Waals surface area contributed by atoms with Crippen molar-refractivity contribution < 1.29 is 9.90 Å². The van der Waals surface area contributed by atoms with Crippen molar-refractivity contribution in [2.75, 3.05) is 6.26 Å². The highest BCUT2D eigenvalue weighted by Crippen LogP contribution is 2.74. The molecule has 3 N–H and O–H groups in total. The van der Waals surface area contributed by atoms with Crippen molar-refractivity contribution >= 4 is 35.1 Å². The van der Waals surface area contributed by atoms with Crippen LogP contribution in [-0.4, -0.2) is 44.7 Å². The molecular formula is C18H26ClN5O2S. The Kier molecular flexibility index (Phi) is 5.20. The maximum Gasteiger partial charge on any atom is 0.269 e. The summed E-state index contributed by atoms with van der Waals surface area (Å²) in [6.45, 7) is 6.87. The van der Waals surface area contributed by atoms with Gasteiger partial charge in [0.25, 0.3) is 5.91 Å². The number of thioether (sulfide) groups is 1. The number of nitrogens with one attached hydrogen (secondary N) is 2. The predicted molar refractivity (Wildman–Crippen MR) is 107 cm³/mol. The summed E-state index contributed by atoms with van der Waals surface area (Å²) in [4.78, 5) is 25.5. The number of carbonyl (C=O) groups excluding carboxylic acids is 1. The molecule has 0 unspecified atom stereocenters. The second kappa shape index (κ2) is 6.90. The Balaban J connectivity index is 1.75. The van der Waals surface area contributed by atoms with Crippen molar-refractivity contribution in [3.63, 3.8) is 0 Å². The number of aromatic nitrogens is 2. The van der Waals surface area contributed by atoms with Gasteiger partial charge in [-0.3, -0.25) is 20.6 Å².